The number of piperidine rings is 1. The summed E-state index contributed by atoms with van der Waals surface area (Å²) in [6.45, 7) is 5.47. The second kappa shape index (κ2) is 7.76. The van der Waals surface area contributed by atoms with Gasteiger partial charge in [0.1, 0.15) is 0 Å². The number of likely N-dealkylation sites (tertiary alicyclic amines) is 1. The van der Waals surface area contributed by atoms with Gasteiger partial charge in [-0.05, 0) is 48.6 Å². The fourth-order valence-electron chi connectivity index (χ4n) is 4.22. The van der Waals surface area contributed by atoms with Gasteiger partial charge in [0.15, 0.2) is 0 Å². The van der Waals surface area contributed by atoms with Crippen LogP contribution in [0.25, 0.3) is 0 Å². The van der Waals surface area contributed by atoms with Crippen LogP contribution in [0.1, 0.15) is 46.8 Å². The van der Waals surface area contributed by atoms with Gasteiger partial charge in [-0.1, -0.05) is 36.4 Å². The van der Waals surface area contributed by atoms with Gasteiger partial charge in [0.05, 0.1) is 5.41 Å². The third-order valence-electron chi connectivity index (χ3n) is 5.91. The molecule has 28 heavy (non-hydrogen) atoms. The second-order valence-electron chi connectivity index (χ2n) is 8.15. The SMILES string of the molecule is CC1(C(=O)NCc2ccc3c(c2)CNC3)CCCN(C(=O)c2ccccc2)C1. The van der Waals surface area contributed by atoms with Crippen molar-refractivity contribution in [1.82, 2.24) is 15.5 Å². The second-order valence-corrected chi connectivity index (χ2v) is 8.15. The van der Waals surface area contributed by atoms with Crippen molar-refractivity contribution in [3.8, 4) is 0 Å². The third kappa shape index (κ3) is 3.80. The van der Waals surface area contributed by atoms with Gasteiger partial charge in [-0.2, -0.15) is 0 Å². The Bertz CT molecular complexity index is 881. The first-order chi connectivity index (χ1) is 13.5. The molecule has 0 radical (unpaired) electrons. The Labute approximate surface area is 166 Å². The fourth-order valence-corrected chi connectivity index (χ4v) is 4.22. The number of rotatable bonds is 4. The van der Waals surface area contributed by atoms with E-state index in [1.165, 1.54) is 11.1 Å². The van der Waals surface area contributed by atoms with E-state index in [1.54, 1.807) is 0 Å². The van der Waals surface area contributed by atoms with Crippen molar-refractivity contribution >= 4 is 11.8 Å². The maximum atomic E-state index is 13.0. The van der Waals surface area contributed by atoms with Gasteiger partial charge < -0.3 is 15.5 Å². The molecule has 146 valence electrons. The lowest BCUT2D eigenvalue weighted by Gasteiger charge is -2.39. The van der Waals surface area contributed by atoms with E-state index in [0.29, 0.717) is 25.2 Å². The van der Waals surface area contributed by atoms with Crippen molar-refractivity contribution in [2.75, 3.05) is 13.1 Å². The third-order valence-corrected chi connectivity index (χ3v) is 5.91. The van der Waals surface area contributed by atoms with Gasteiger partial charge in [0.2, 0.25) is 5.91 Å². The molecule has 0 aromatic heterocycles. The van der Waals surface area contributed by atoms with E-state index in [0.717, 1.165) is 31.5 Å². The maximum Gasteiger partial charge on any atom is 0.253 e. The van der Waals surface area contributed by atoms with E-state index < -0.39 is 5.41 Å². The van der Waals surface area contributed by atoms with E-state index in [9.17, 15) is 9.59 Å². The molecule has 2 aromatic carbocycles. The molecule has 4 rings (SSSR count). The number of nitrogens with one attached hydrogen (secondary N) is 2. The quantitative estimate of drug-likeness (QED) is 0.861. The molecule has 2 aromatic rings. The van der Waals surface area contributed by atoms with E-state index >= 15 is 0 Å². The molecular formula is C23H27N3O2. The molecule has 1 fully saturated rings. The Hall–Kier alpha value is -2.66. The average molecular weight is 377 g/mol. The number of carbonyl (C=O) groups is 2. The first-order valence-electron chi connectivity index (χ1n) is 9.99. The largest absolute Gasteiger partial charge is 0.351 e. The Morgan fingerprint density at radius 2 is 1.89 bits per heavy atom. The van der Waals surface area contributed by atoms with Crippen LogP contribution >= 0.6 is 0 Å². The molecule has 1 saturated heterocycles. The molecule has 2 N–H and O–H groups in total. The molecule has 2 heterocycles. The highest BCUT2D eigenvalue weighted by Crippen LogP contribution is 2.30. The molecule has 2 aliphatic heterocycles. The van der Waals surface area contributed by atoms with Crippen LogP contribution in [0.5, 0.6) is 0 Å². The summed E-state index contributed by atoms with van der Waals surface area (Å²) in [4.78, 5) is 27.6. The zero-order valence-electron chi connectivity index (χ0n) is 16.3. The molecule has 0 spiro atoms. The molecule has 0 bridgehead atoms. The van der Waals surface area contributed by atoms with E-state index in [1.807, 2.05) is 42.2 Å². The zero-order chi connectivity index (χ0) is 19.6. The zero-order valence-corrected chi connectivity index (χ0v) is 16.3. The first-order valence-corrected chi connectivity index (χ1v) is 9.99. The first kappa shape index (κ1) is 18.7. The van der Waals surface area contributed by atoms with Crippen LogP contribution in [0, 0.1) is 5.41 Å². The van der Waals surface area contributed by atoms with E-state index in [2.05, 4.69) is 28.8 Å². The van der Waals surface area contributed by atoms with Crippen molar-refractivity contribution in [3.05, 3.63) is 70.8 Å². The van der Waals surface area contributed by atoms with Crippen LogP contribution < -0.4 is 10.6 Å². The van der Waals surface area contributed by atoms with E-state index in [4.69, 9.17) is 0 Å². The summed E-state index contributed by atoms with van der Waals surface area (Å²) in [6, 6.07) is 15.7. The molecule has 2 aliphatic rings. The molecular weight excluding hydrogens is 350 g/mol. The summed E-state index contributed by atoms with van der Waals surface area (Å²) in [5.74, 6) is 0.0298. The predicted molar refractivity (Wildman–Crippen MR) is 109 cm³/mol. The van der Waals surface area contributed by atoms with Crippen LogP contribution in [0.15, 0.2) is 48.5 Å². The average Bonchev–Trinajstić information content (AvgIpc) is 3.20. The highest BCUT2D eigenvalue weighted by atomic mass is 16.2. The number of amides is 2. The number of fused-ring (bicyclic) bond motifs is 1. The summed E-state index contributed by atoms with van der Waals surface area (Å²) in [7, 11) is 0. The molecule has 2 amide bonds. The van der Waals surface area contributed by atoms with Crippen molar-refractivity contribution in [1.29, 1.82) is 0 Å². The fraction of sp³-hybridized carbons (Fsp3) is 0.391. The van der Waals surface area contributed by atoms with Crippen LogP contribution in [0.3, 0.4) is 0 Å². The maximum absolute atomic E-state index is 13.0. The standard InChI is InChI=1S/C23H27N3O2/c1-23(10-5-11-26(16-23)21(27)18-6-3-2-4-7-18)22(28)25-13-17-8-9-19-14-24-15-20(19)12-17/h2-4,6-9,12,24H,5,10-11,13-16H2,1H3,(H,25,28). The normalized spacial score (nSPS) is 21.2. The Balaban J connectivity index is 1.39. The monoisotopic (exact) mass is 377 g/mol. The smallest absolute Gasteiger partial charge is 0.253 e. The Kier molecular flexibility index (Phi) is 5.18. The van der Waals surface area contributed by atoms with Crippen LogP contribution in [0.4, 0.5) is 0 Å². The summed E-state index contributed by atoms with van der Waals surface area (Å²) >= 11 is 0. The lowest BCUT2D eigenvalue weighted by Crippen LogP contribution is -2.51. The van der Waals surface area contributed by atoms with Crippen molar-refractivity contribution in [2.24, 2.45) is 5.41 Å². The van der Waals surface area contributed by atoms with Crippen molar-refractivity contribution < 1.29 is 9.59 Å². The van der Waals surface area contributed by atoms with Gasteiger partial charge in [-0.3, -0.25) is 9.59 Å². The molecule has 5 nitrogen and oxygen atoms in total. The van der Waals surface area contributed by atoms with Crippen LogP contribution in [-0.2, 0) is 24.4 Å². The predicted octanol–water partition coefficient (Wildman–Crippen LogP) is 2.85. The summed E-state index contributed by atoms with van der Waals surface area (Å²) < 4.78 is 0. The van der Waals surface area contributed by atoms with Gasteiger partial charge in [-0.15, -0.1) is 0 Å². The minimum absolute atomic E-state index is 0.00504. The Morgan fingerprint density at radius 1 is 1.11 bits per heavy atom. The lowest BCUT2D eigenvalue weighted by molar-refractivity contribution is -0.132. The minimum Gasteiger partial charge on any atom is -0.351 e. The number of benzene rings is 2. The summed E-state index contributed by atoms with van der Waals surface area (Å²) in [5, 5.41) is 6.44. The molecule has 0 aliphatic carbocycles. The van der Waals surface area contributed by atoms with Crippen LogP contribution in [-0.4, -0.2) is 29.8 Å². The minimum atomic E-state index is -0.555. The topological polar surface area (TPSA) is 61.4 Å². The highest BCUT2D eigenvalue weighted by molar-refractivity contribution is 5.95. The van der Waals surface area contributed by atoms with Gasteiger partial charge >= 0.3 is 0 Å². The van der Waals surface area contributed by atoms with E-state index in [-0.39, 0.29) is 11.8 Å². The number of hydrogen-bond donors (Lipinski definition) is 2. The van der Waals surface area contributed by atoms with Gasteiger partial charge in [-0.25, -0.2) is 0 Å². The van der Waals surface area contributed by atoms with Crippen LogP contribution in [0.2, 0.25) is 0 Å². The summed E-state index contributed by atoms with van der Waals surface area (Å²) in [6.07, 6.45) is 1.64. The van der Waals surface area contributed by atoms with Gasteiger partial charge in [0, 0.05) is 38.3 Å². The Morgan fingerprint density at radius 3 is 2.71 bits per heavy atom. The van der Waals surface area contributed by atoms with Crippen molar-refractivity contribution in [3.63, 3.8) is 0 Å². The van der Waals surface area contributed by atoms with Crippen molar-refractivity contribution in [2.45, 2.75) is 39.4 Å². The summed E-state index contributed by atoms with van der Waals surface area (Å²) in [5.41, 5.74) is 3.90. The molecule has 0 saturated carbocycles. The molecule has 1 unspecified atom stereocenters. The number of nitrogens with zero attached hydrogens (tertiary/aromatic N) is 1. The number of hydrogen-bond acceptors (Lipinski definition) is 3. The van der Waals surface area contributed by atoms with Gasteiger partial charge in [0.25, 0.3) is 5.91 Å². The number of carbonyl (C=O) groups excluding carboxylic acids is 2. The lowest BCUT2D eigenvalue weighted by atomic mass is 9.80. The molecule has 5 heteroatoms. The highest BCUT2D eigenvalue weighted by Gasteiger charge is 2.39. The molecule has 1 atom stereocenters.